The monoisotopic (exact) mass is 392 g/mol. The van der Waals surface area contributed by atoms with E-state index < -0.39 is 0 Å². The van der Waals surface area contributed by atoms with Crippen molar-refractivity contribution in [3.63, 3.8) is 0 Å². The van der Waals surface area contributed by atoms with E-state index in [0.717, 1.165) is 18.8 Å². The van der Waals surface area contributed by atoms with Crippen LogP contribution in [0.1, 0.15) is 142 Å². The number of hydrogen-bond donors (Lipinski definition) is 0. The molecule has 0 aromatic rings. The van der Waals surface area contributed by atoms with Gasteiger partial charge in [-0.3, -0.25) is 4.79 Å². The molecule has 0 saturated heterocycles. The molecule has 0 N–H and O–H groups in total. The summed E-state index contributed by atoms with van der Waals surface area (Å²) in [6, 6.07) is 0. The average molecular weight is 393 g/mol. The van der Waals surface area contributed by atoms with Crippen molar-refractivity contribution in [2.24, 2.45) is 11.8 Å². The second-order valence-corrected chi connectivity index (χ2v) is 9.74. The lowest BCUT2D eigenvalue weighted by Crippen LogP contribution is -2.38. The first-order valence-corrected chi connectivity index (χ1v) is 13.0. The molecule has 164 valence electrons. The van der Waals surface area contributed by atoms with Crippen LogP contribution in [0.3, 0.4) is 0 Å². The van der Waals surface area contributed by atoms with Gasteiger partial charge in [0.1, 0.15) is 6.10 Å². The van der Waals surface area contributed by atoms with E-state index in [1.54, 1.807) is 0 Å². The molecule has 3 saturated carbocycles. The molecule has 0 aromatic carbocycles. The number of ether oxygens (including phenoxy) is 1. The van der Waals surface area contributed by atoms with Crippen LogP contribution in [0, 0.1) is 11.8 Å². The van der Waals surface area contributed by atoms with Crippen LogP contribution in [-0.4, -0.2) is 12.1 Å². The van der Waals surface area contributed by atoms with Crippen LogP contribution in [0.2, 0.25) is 0 Å². The normalized spacial score (nSPS) is 23.8. The Labute approximate surface area is 175 Å². The van der Waals surface area contributed by atoms with Crippen LogP contribution < -0.4 is 0 Å². The standard InChI is InChI=1S/C26H48O2/c1-2-3-4-5-6-7-8-9-10-11-12-13-14-15-16-17-26(27)28-25-22-23-18-20-24(25)21-19-23/h23-25H,2-22H2,1H3. The van der Waals surface area contributed by atoms with E-state index in [0.29, 0.717) is 12.3 Å². The van der Waals surface area contributed by atoms with Gasteiger partial charge in [-0.15, -0.1) is 0 Å². The quantitative estimate of drug-likeness (QED) is 0.183. The molecule has 0 amide bonds. The minimum Gasteiger partial charge on any atom is -0.462 e. The fraction of sp³-hybridized carbons (Fsp3) is 0.962. The number of hydrogen-bond acceptors (Lipinski definition) is 2. The van der Waals surface area contributed by atoms with Gasteiger partial charge in [0.15, 0.2) is 0 Å². The Balaban J connectivity index is 1.29. The van der Waals surface area contributed by atoms with Gasteiger partial charge in [-0.1, -0.05) is 96.8 Å². The maximum atomic E-state index is 12.1. The zero-order chi connectivity index (χ0) is 19.9. The van der Waals surface area contributed by atoms with Crippen LogP contribution in [0.25, 0.3) is 0 Å². The number of rotatable bonds is 17. The molecule has 0 radical (unpaired) electrons. The van der Waals surface area contributed by atoms with Crippen molar-refractivity contribution < 1.29 is 9.53 Å². The molecule has 3 fully saturated rings. The van der Waals surface area contributed by atoms with Crippen LogP contribution in [0.15, 0.2) is 0 Å². The molecule has 3 aliphatic carbocycles. The largest absolute Gasteiger partial charge is 0.462 e. The third-order valence-corrected chi connectivity index (χ3v) is 7.25. The van der Waals surface area contributed by atoms with Gasteiger partial charge in [0.25, 0.3) is 0 Å². The predicted molar refractivity (Wildman–Crippen MR) is 119 cm³/mol. The topological polar surface area (TPSA) is 26.3 Å². The molecular formula is C26H48O2. The van der Waals surface area contributed by atoms with E-state index in [2.05, 4.69) is 6.92 Å². The Morgan fingerprint density at radius 1 is 0.679 bits per heavy atom. The summed E-state index contributed by atoms with van der Waals surface area (Å²) >= 11 is 0. The lowest BCUT2D eigenvalue weighted by atomic mass is 9.69. The highest BCUT2D eigenvalue weighted by molar-refractivity contribution is 5.69. The van der Waals surface area contributed by atoms with Gasteiger partial charge in [-0.2, -0.15) is 0 Å². The Bertz CT molecular complexity index is 384. The SMILES string of the molecule is CCCCCCCCCCCCCCCCCC(=O)OC1CC2CCC1CC2. The van der Waals surface area contributed by atoms with Crippen molar-refractivity contribution in [3.8, 4) is 0 Å². The summed E-state index contributed by atoms with van der Waals surface area (Å²) in [5.41, 5.74) is 0. The second kappa shape index (κ2) is 15.3. The number of carbonyl (C=O) groups excluding carboxylic acids is 1. The van der Waals surface area contributed by atoms with Gasteiger partial charge < -0.3 is 4.74 Å². The molecular weight excluding hydrogens is 344 g/mol. The maximum Gasteiger partial charge on any atom is 0.306 e. The summed E-state index contributed by atoms with van der Waals surface area (Å²) < 4.78 is 5.81. The van der Waals surface area contributed by atoms with Gasteiger partial charge in [-0.25, -0.2) is 0 Å². The Hall–Kier alpha value is -0.530. The van der Waals surface area contributed by atoms with Gasteiger partial charge in [0.05, 0.1) is 0 Å². The van der Waals surface area contributed by atoms with Crippen LogP contribution in [-0.2, 0) is 9.53 Å². The Kier molecular flexibility index (Phi) is 13.0. The molecule has 1 unspecified atom stereocenters. The maximum absolute atomic E-state index is 12.1. The molecule has 2 nitrogen and oxygen atoms in total. The van der Waals surface area contributed by atoms with Crippen molar-refractivity contribution in [1.29, 1.82) is 0 Å². The second-order valence-electron chi connectivity index (χ2n) is 9.74. The third-order valence-electron chi connectivity index (χ3n) is 7.25. The molecule has 3 rings (SSSR count). The van der Waals surface area contributed by atoms with Gasteiger partial charge in [0.2, 0.25) is 0 Å². The van der Waals surface area contributed by atoms with Crippen molar-refractivity contribution in [2.45, 2.75) is 148 Å². The number of unbranched alkanes of at least 4 members (excludes halogenated alkanes) is 14. The van der Waals surface area contributed by atoms with Crippen LogP contribution in [0.4, 0.5) is 0 Å². The summed E-state index contributed by atoms with van der Waals surface area (Å²) in [5, 5.41) is 0. The fourth-order valence-electron chi connectivity index (χ4n) is 5.33. The zero-order valence-corrected chi connectivity index (χ0v) is 18.9. The number of carbonyl (C=O) groups is 1. The Morgan fingerprint density at radius 3 is 1.57 bits per heavy atom. The van der Waals surface area contributed by atoms with Gasteiger partial charge >= 0.3 is 5.97 Å². The molecule has 3 aliphatic rings. The van der Waals surface area contributed by atoms with E-state index in [9.17, 15) is 4.79 Å². The molecule has 0 aromatic heterocycles. The van der Waals surface area contributed by atoms with Crippen molar-refractivity contribution in [1.82, 2.24) is 0 Å². The van der Waals surface area contributed by atoms with E-state index in [-0.39, 0.29) is 12.1 Å². The highest BCUT2D eigenvalue weighted by atomic mass is 16.5. The zero-order valence-electron chi connectivity index (χ0n) is 18.9. The van der Waals surface area contributed by atoms with E-state index >= 15 is 0 Å². The summed E-state index contributed by atoms with van der Waals surface area (Å²) in [6.45, 7) is 2.29. The predicted octanol–water partition coefficient (Wildman–Crippen LogP) is 8.37. The molecule has 0 spiro atoms. The minimum absolute atomic E-state index is 0.0762. The number of esters is 1. The van der Waals surface area contributed by atoms with E-state index in [1.807, 2.05) is 0 Å². The van der Waals surface area contributed by atoms with Gasteiger partial charge in [-0.05, 0) is 50.4 Å². The highest BCUT2D eigenvalue weighted by Crippen LogP contribution is 2.42. The molecule has 28 heavy (non-hydrogen) atoms. The van der Waals surface area contributed by atoms with Crippen molar-refractivity contribution >= 4 is 5.97 Å². The molecule has 2 heteroatoms. The Morgan fingerprint density at radius 2 is 1.14 bits per heavy atom. The van der Waals surface area contributed by atoms with Crippen molar-refractivity contribution in [2.75, 3.05) is 0 Å². The first-order valence-electron chi connectivity index (χ1n) is 13.0. The van der Waals surface area contributed by atoms with E-state index in [1.165, 1.54) is 116 Å². The summed E-state index contributed by atoms with van der Waals surface area (Å²) in [4.78, 5) is 12.1. The van der Waals surface area contributed by atoms with Crippen LogP contribution >= 0.6 is 0 Å². The fourth-order valence-corrected chi connectivity index (χ4v) is 5.33. The van der Waals surface area contributed by atoms with Crippen LogP contribution in [0.5, 0.6) is 0 Å². The molecule has 0 aliphatic heterocycles. The summed E-state index contributed by atoms with van der Waals surface area (Å²) in [5.74, 6) is 1.59. The van der Waals surface area contributed by atoms with Crippen molar-refractivity contribution in [3.05, 3.63) is 0 Å². The molecule has 0 heterocycles. The highest BCUT2D eigenvalue weighted by Gasteiger charge is 2.37. The van der Waals surface area contributed by atoms with E-state index in [4.69, 9.17) is 4.74 Å². The average Bonchev–Trinajstić information content (AvgIpc) is 2.72. The third kappa shape index (κ3) is 10.3. The lowest BCUT2D eigenvalue weighted by molar-refractivity contribution is -0.157. The lowest BCUT2D eigenvalue weighted by Gasteiger charge is -2.41. The summed E-state index contributed by atoms with van der Waals surface area (Å²) in [7, 11) is 0. The smallest absolute Gasteiger partial charge is 0.306 e. The minimum atomic E-state index is 0.0762. The number of fused-ring (bicyclic) bond motifs is 3. The molecule has 1 atom stereocenters. The van der Waals surface area contributed by atoms with Gasteiger partial charge in [0, 0.05) is 6.42 Å². The molecule has 2 bridgehead atoms. The first kappa shape index (κ1) is 23.7. The first-order chi connectivity index (χ1) is 13.8. The summed E-state index contributed by atoms with van der Waals surface area (Å²) in [6.07, 6.45) is 27.9.